The number of carbonyl (C=O) groups excluding carboxylic acids is 1. The molecule has 1 amide bonds. The molecule has 2 atom stereocenters. The summed E-state index contributed by atoms with van der Waals surface area (Å²) in [6, 6.07) is 4.58. The molecule has 2 saturated heterocycles. The van der Waals surface area contributed by atoms with Gasteiger partial charge >= 0.3 is 0 Å². The number of carbonyl (C=O) groups is 1. The molecule has 3 fully saturated rings. The fraction of sp³-hybridized carbons (Fsp3) is 0.636. The number of hydrogen-bond donors (Lipinski definition) is 0. The molecule has 2 aromatic heterocycles. The first-order valence-corrected chi connectivity index (χ1v) is 10.8. The molecule has 3 aliphatic rings. The second-order valence-corrected chi connectivity index (χ2v) is 9.00. The third-order valence-corrected chi connectivity index (χ3v) is 6.82. The molecule has 2 bridgehead atoms. The zero-order valence-corrected chi connectivity index (χ0v) is 17.7. The van der Waals surface area contributed by atoms with E-state index >= 15 is 0 Å². The van der Waals surface area contributed by atoms with E-state index in [0.717, 1.165) is 50.0 Å². The van der Waals surface area contributed by atoms with Crippen molar-refractivity contribution in [2.45, 2.75) is 45.3 Å². The van der Waals surface area contributed by atoms with E-state index in [0.29, 0.717) is 18.6 Å². The lowest BCUT2D eigenvalue weighted by atomic mass is 10.1. The minimum Gasteiger partial charge on any atom is -0.379 e. The molecule has 0 aromatic carbocycles. The molecule has 1 saturated carbocycles. The minimum atomic E-state index is 0.0833. The molecule has 29 heavy (non-hydrogen) atoms. The first kappa shape index (κ1) is 18.9. The van der Waals surface area contributed by atoms with E-state index in [2.05, 4.69) is 46.0 Å². The average Bonchev–Trinajstić information content (AvgIpc) is 3.44. The van der Waals surface area contributed by atoms with Gasteiger partial charge in [0.05, 0.1) is 31.5 Å². The molecule has 2 aromatic rings. The maximum absolute atomic E-state index is 13.5. The molecule has 156 valence electrons. The van der Waals surface area contributed by atoms with Crippen molar-refractivity contribution in [3.05, 3.63) is 41.2 Å². The molecule has 0 radical (unpaired) electrons. The molecular formula is C22H31N5O2. The van der Waals surface area contributed by atoms with Crippen molar-refractivity contribution in [2.75, 3.05) is 32.8 Å². The third kappa shape index (κ3) is 3.51. The summed E-state index contributed by atoms with van der Waals surface area (Å²) < 4.78 is 10.3. The lowest BCUT2D eigenvalue weighted by Crippen LogP contribution is -2.47. The number of hydrogen-bond acceptors (Lipinski definition) is 4. The van der Waals surface area contributed by atoms with Crippen LogP contribution in [0.1, 0.15) is 46.6 Å². The Morgan fingerprint density at radius 1 is 1.17 bits per heavy atom. The number of ether oxygens (including phenoxy) is 1. The van der Waals surface area contributed by atoms with Crippen LogP contribution in [0.2, 0.25) is 0 Å². The quantitative estimate of drug-likeness (QED) is 0.793. The Balaban J connectivity index is 1.37. The Labute approximate surface area is 172 Å². The third-order valence-electron chi connectivity index (χ3n) is 6.82. The highest BCUT2D eigenvalue weighted by Crippen LogP contribution is 2.36. The van der Waals surface area contributed by atoms with Crippen LogP contribution in [0.25, 0.3) is 0 Å². The Hall–Kier alpha value is -2.12. The van der Waals surface area contributed by atoms with Gasteiger partial charge in [-0.2, -0.15) is 0 Å². The molecular weight excluding hydrogens is 366 g/mol. The topological polar surface area (TPSA) is 55.5 Å². The zero-order valence-electron chi connectivity index (χ0n) is 17.7. The molecule has 5 rings (SSSR count). The van der Waals surface area contributed by atoms with Crippen LogP contribution >= 0.6 is 0 Å². The second-order valence-electron chi connectivity index (χ2n) is 9.00. The molecule has 0 unspecified atom stereocenters. The summed E-state index contributed by atoms with van der Waals surface area (Å²) >= 11 is 0. The van der Waals surface area contributed by atoms with Crippen molar-refractivity contribution < 1.29 is 9.53 Å². The van der Waals surface area contributed by atoms with Crippen LogP contribution in [0, 0.1) is 19.8 Å². The van der Waals surface area contributed by atoms with Crippen molar-refractivity contribution >= 4 is 5.91 Å². The lowest BCUT2D eigenvalue weighted by molar-refractivity contribution is 0.0413. The van der Waals surface area contributed by atoms with E-state index in [1.165, 1.54) is 18.5 Å². The van der Waals surface area contributed by atoms with Crippen LogP contribution in [0.5, 0.6) is 0 Å². The summed E-state index contributed by atoms with van der Waals surface area (Å²) in [5.41, 5.74) is 3.15. The van der Waals surface area contributed by atoms with Gasteiger partial charge in [0, 0.05) is 50.5 Å². The van der Waals surface area contributed by atoms with Gasteiger partial charge in [-0.15, -0.1) is 0 Å². The maximum Gasteiger partial charge on any atom is 0.270 e. The summed E-state index contributed by atoms with van der Waals surface area (Å²) in [6.45, 7) is 8.88. The van der Waals surface area contributed by atoms with E-state index in [1.807, 2.05) is 12.1 Å². The van der Waals surface area contributed by atoms with Gasteiger partial charge in [-0.1, -0.05) is 0 Å². The van der Waals surface area contributed by atoms with Crippen LogP contribution in [-0.2, 0) is 18.3 Å². The van der Waals surface area contributed by atoms with E-state index in [4.69, 9.17) is 9.72 Å². The van der Waals surface area contributed by atoms with Gasteiger partial charge in [-0.25, -0.2) is 4.98 Å². The van der Waals surface area contributed by atoms with E-state index in [1.54, 1.807) is 0 Å². The van der Waals surface area contributed by atoms with Crippen molar-refractivity contribution in [1.82, 2.24) is 23.9 Å². The Bertz CT molecular complexity index is 912. The number of nitrogens with zero attached hydrogens (tertiary/aromatic N) is 5. The van der Waals surface area contributed by atoms with Crippen molar-refractivity contribution in [3.8, 4) is 0 Å². The van der Waals surface area contributed by atoms with Crippen LogP contribution in [0.15, 0.2) is 18.3 Å². The summed E-state index contributed by atoms with van der Waals surface area (Å²) in [5.74, 6) is 1.59. The van der Waals surface area contributed by atoms with Crippen LogP contribution in [0.4, 0.5) is 0 Å². The smallest absolute Gasteiger partial charge is 0.270 e. The van der Waals surface area contributed by atoms with Crippen molar-refractivity contribution in [1.29, 1.82) is 0 Å². The summed E-state index contributed by atoms with van der Waals surface area (Å²) in [6.07, 6.45) is 4.42. The summed E-state index contributed by atoms with van der Waals surface area (Å²) in [4.78, 5) is 22.8. The van der Waals surface area contributed by atoms with Gasteiger partial charge in [0.25, 0.3) is 5.91 Å². The van der Waals surface area contributed by atoms with Gasteiger partial charge in [0.1, 0.15) is 11.5 Å². The monoisotopic (exact) mass is 397 g/mol. The number of rotatable bonds is 4. The molecule has 0 N–H and O–H groups in total. The standard InChI is InChI=1S/C22H31N5O2/c1-15-16(2)24(3)21(23-15)12-25-9-17-10-27(19(11-25)14-29-13-17)22(28)20-5-4-8-26(20)18-6-7-18/h4-5,8,17-19H,6-7,9-14H2,1-3H3/t17-,19-/m0/s1. The molecule has 2 aliphatic heterocycles. The Morgan fingerprint density at radius 2 is 2.00 bits per heavy atom. The Morgan fingerprint density at radius 3 is 2.72 bits per heavy atom. The highest BCUT2D eigenvalue weighted by molar-refractivity contribution is 5.93. The Kier molecular flexibility index (Phi) is 4.75. The summed E-state index contributed by atoms with van der Waals surface area (Å²) in [7, 11) is 2.09. The first-order valence-electron chi connectivity index (χ1n) is 10.8. The molecule has 7 heteroatoms. The normalized spacial score (nSPS) is 25.3. The van der Waals surface area contributed by atoms with Crippen LogP contribution in [-0.4, -0.2) is 68.7 Å². The van der Waals surface area contributed by atoms with Crippen LogP contribution in [0.3, 0.4) is 0 Å². The van der Waals surface area contributed by atoms with E-state index in [9.17, 15) is 4.79 Å². The summed E-state index contributed by atoms with van der Waals surface area (Å²) in [5, 5.41) is 0. The number of amides is 1. The number of imidazole rings is 1. The van der Waals surface area contributed by atoms with Crippen molar-refractivity contribution in [2.24, 2.45) is 13.0 Å². The molecule has 1 aliphatic carbocycles. The fourth-order valence-corrected chi connectivity index (χ4v) is 4.84. The van der Waals surface area contributed by atoms with E-state index in [-0.39, 0.29) is 11.9 Å². The van der Waals surface area contributed by atoms with Gasteiger partial charge < -0.3 is 18.8 Å². The maximum atomic E-state index is 13.5. The molecule has 0 spiro atoms. The van der Waals surface area contributed by atoms with Crippen molar-refractivity contribution in [3.63, 3.8) is 0 Å². The van der Waals surface area contributed by atoms with E-state index < -0.39 is 0 Å². The fourth-order valence-electron chi connectivity index (χ4n) is 4.84. The number of aromatic nitrogens is 3. The first-order chi connectivity index (χ1) is 14.0. The van der Waals surface area contributed by atoms with Gasteiger partial charge in [0.15, 0.2) is 0 Å². The van der Waals surface area contributed by atoms with Crippen LogP contribution < -0.4 is 0 Å². The SMILES string of the molecule is Cc1nc(CN2C[C@@H]3COC[C@H](C2)N(C(=O)c2cccn2C2CC2)C3)n(C)c1C. The largest absolute Gasteiger partial charge is 0.379 e. The number of fused-ring (bicyclic) bond motifs is 3. The predicted molar refractivity (Wildman–Crippen MR) is 110 cm³/mol. The minimum absolute atomic E-state index is 0.0833. The highest BCUT2D eigenvalue weighted by atomic mass is 16.5. The van der Waals surface area contributed by atoms with Gasteiger partial charge in [-0.3, -0.25) is 9.69 Å². The molecule has 4 heterocycles. The lowest BCUT2D eigenvalue weighted by Gasteiger charge is -2.31. The molecule has 7 nitrogen and oxygen atoms in total. The highest BCUT2D eigenvalue weighted by Gasteiger charge is 2.38. The predicted octanol–water partition coefficient (Wildman–Crippen LogP) is 2.15. The van der Waals surface area contributed by atoms with Gasteiger partial charge in [0.2, 0.25) is 0 Å². The second kappa shape index (κ2) is 7.29. The number of aryl methyl sites for hydroxylation is 1. The zero-order chi connectivity index (χ0) is 20.1. The van der Waals surface area contributed by atoms with Gasteiger partial charge in [-0.05, 0) is 38.8 Å². The average molecular weight is 398 g/mol.